The third kappa shape index (κ3) is 7.56. The molecule has 1 aromatic rings. The quantitative estimate of drug-likeness (QED) is 0.367. The Bertz CT molecular complexity index is 633. The summed E-state index contributed by atoms with van der Waals surface area (Å²) in [5, 5.41) is 0. The lowest BCUT2D eigenvalue weighted by Gasteiger charge is -2.11. The van der Waals surface area contributed by atoms with Gasteiger partial charge in [0.05, 0.1) is 27.4 Å². The smallest absolute Gasteiger partial charge is 0.333 e. The molecule has 0 unspecified atom stereocenters. The Hall–Kier alpha value is -2.76. The largest absolute Gasteiger partial charge is 0.493 e. The van der Waals surface area contributed by atoms with Crippen molar-refractivity contribution in [1.82, 2.24) is 0 Å². The summed E-state index contributed by atoms with van der Waals surface area (Å²) in [5.74, 6) is 0.377. The topological polar surface area (TPSA) is 71.1 Å². The highest BCUT2D eigenvalue weighted by Gasteiger charge is 2.06. The number of hydrogen-bond donors (Lipinski definition) is 0. The second-order valence-electron chi connectivity index (χ2n) is 5.24. The standard InChI is InChI=1S/C19H24O6/c1-14(2)19(21)25-12-6-5-11-24-16-9-7-15(13-17(16)22-3)8-10-18(20)23-4/h7-10,13H,1,5-6,11-12H2,2-4H3. The average Bonchev–Trinajstić information content (AvgIpc) is 2.62. The highest BCUT2D eigenvalue weighted by molar-refractivity contribution is 5.87. The fraction of sp³-hybridized carbons (Fsp3) is 0.368. The Morgan fingerprint density at radius 2 is 1.84 bits per heavy atom. The van der Waals surface area contributed by atoms with Crippen LogP contribution in [0.4, 0.5) is 0 Å². The van der Waals surface area contributed by atoms with Gasteiger partial charge in [-0.3, -0.25) is 0 Å². The molecule has 0 radical (unpaired) electrons. The summed E-state index contributed by atoms with van der Waals surface area (Å²) in [6, 6.07) is 5.35. The van der Waals surface area contributed by atoms with Crippen LogP contribution in [0.15, 0.2) is 36.4 Å². The van der Waals surface area contributed by atoms with Gasteiger partial charge in [0, 0.05) is 11.6 Å². The summed E-state index contributed by atoms with van der Waals surface area (Å²) in [7, 11) is 2.87. The van der Waals surface area contributed by atoms with Crippen molar-refractivity contribution in [3.05, 3.63) is 42.0 Å². The van der Waals surface area contributed by atoms with E-state index < -0.39 is 5.97 Å². The van der Waals surface area contributed by atoms with E-state index in [1.165, 1.54) is 13.2 Å². The molecule has 0 N–H and O–H groups in total. The number of rotatable bonds is 10. The van der Waals surface area contributed by atoms with Crippen molar-refractivity contribution in [3.8, 4) is 11.5 Å². The maximum Gasteiger partial charge on any atom is 0.333 e. The van der Waals surface area contributed by atoms with E-state index >= 15 is 0 Å². The number of hydrogen-bond acceptors (Lipinski definition) is 6. The van der Waals surface area contributed by atoms with E-state index in [1.54, 1.807) is 32.2 Å². The Morgan fingerprint density at radius 1 is 1.12 bits per heavy atom. The minimum Gasteiger partial charge on any atom is -0.493 e. The Morgan fingerprint density at radius 3 is 2.48 bits per heavy atom. The molecular formula is C19H24O6. The van der Waals surface area contributed by atoms with Gasteiger partial charge in [-0.2, -0.15) is 0 Å². The fourth-order valence-corrected chi connectivity index (χ4v) is 1.81. The second-order valence-corrected chi connectivity index (χ2v) is 5.24. The third-order valence-corrected chi connectivity index (χ3v) is 3.18. The summed E-state index contributed by atoms with van der Waals surface area (Å²) in [6.07, 6.45) is 4.40. The zero-order valence-electron chi connectivity index (χ0n) is 14.9. The minimum absolute atomic E-state index is 0.337. The molecule has 0 aliphatic carbocycles. The van der Waals surface area contributed by atoms with Gasteiger partial charge in [0.15, 0.2) is 11.5 Å². The second kappa shape index (κ2) is 10.9. The molecule has 136 valence electrons. The van der Waals surface area contributed by atoms with Crippen LogP contribution in [0, 0.1) is 0 Å². The SMILES string of the molecule is C=C(C)C(=O)OCCCCOc1ccc(C=CC(=O)OC)cc1OC. The third-order valence-electron chi connectivity index (χ3n) is 3.18. The first-order chi connectivity index (χ1) is 12.0. The Balaban J connectivity index is 2.45. The molecule has 0 aliphatic rings. The van der Waals surface area contributed by atoms with Crippen molar-refractivity contribution in [2.24, 2.45) is 0 Å². The van der Waals surface area contributed by atoms with Crippen molar-refractivity contribution in [3.63, 3.8) is 0 Å². The van der Waals surface area contributed by atoms with E-state index in [4.69, 9.17) is 14.2 Å². The van der Waals surface area contributed by atoms with Gasteiger partial charge < -0.3 is 18.9 Å². The molecule has 0 aromatic heterocycles. The molecule has 0 heterocycles. The summed E-state index contributed by atoms with van der Waals surface area (Å²) >= 11 is 0. The van der Waals surface area contributed by atoms with Crippen LogP contribution in [0.1, 0.15) is 25.3 Å². The van der Waals surface area contributed by atoms with Crippen LogP contribution in [0.25, 0.3) is 6.08 Å². The van der Waals surface area contributed by atoms with Gasteiger partial charge in [-0.1, -0.05) is 12.6 Å². The minimum atomic E-state index is -0.424. The lowest BCUT2D eigenvalue weighted by Crippen LogP contribution is -2.07. The summed E-state index contributed by atoms with van der Waals surface area (Å²) < 4.78 is 20.5. The maximum absolute atomic E-state index is 11.2. The lowest BCUT2D eigenvalue weighted by molar-refractivity contribution is -0.139. The van der Waals surface area contributed by atoms with Crippen LogP contribution in [-0.4, -0.2) is 39.4 Å². The first-order valence-electron chi connectivity index (χ1n) is 7.87. The van der Waals surface area contributed by atoms with Crippen molar-refractivity contribution in [1.29, 1.82) is 0 Å². The monoisotopic (exact) mass is 348 g/mol. The number of carbonyl (C=O) groups is 2. The lowest BCUT2D eigenvalue weighted by atomic mass is 10.2. The molecule has 6 heteroatoms. The summed E-state index contributed by atoms with van der Waals surface area (Å²) in [4.78, 5) is 22.3. The summed E-state index contributed by atoms with van der Waals surface area (Å²) in [5.41, 5.74) is 1.18. The molecule has 0 amide bonds. The molecule has 6 nitrogen and oxygen atoms in total. The predicted octanol–water partition coefficient (Wildman–Crippen LogP) is 3.16. The molecule has 25 heavy (non-hydrogen) atoms. The van der Waals surface area contributed by atoms with Gasteiger partial charge >= 0.3 is 11.9 Å². The first kappa shape index (κ1) is 20.3. The molecule has 0 saturated carbocycles. The van der Waals surface area contributed by atoms with Crippen LogP contribution >= 0.6 is 0 Å². The van der Waals surface area contributed by atoms with Crippen LogP contribution in [0.2, 0.25) is 0 Å². The van der Waals surface area contributed by atoms with Gasteiger partial charge in [0.1, 0.15) is 0 Å². The van der Waals surface area contributed by atoms with Gasteiger partial charge in [0.25, 0.3) is 0 Å². The maximum atomic E-state index is 11.2. The zero-order valence-corrected chi connectivity index (χ0v) is 14.9. The van der Waals surface area contributed by atoms with E-state index in [0.717, 1.165) is 12.0 Å². The Kier molecular flexibility index (Phi) is 8.85. The number of esters is 2. The molecule has 1 rings (SSSR count). The molecule has 0 atom stereocenters. The molecular weight excluding hydrogens is 324 g/mol. The molecule has 0 aliphatic heterocycles. The highest BCUT2D eigenvalue weighted by Crippen LogP contribution is 2.28. The number of ether oxygens (including phenoxy) is 4. The molecule has 0 saturated heterocycles. The molecule has 1 aromatic carbocycles. The fourth-order valence-electron chi connectivity index (χ4n) is 1.81. The zero-order chi connectivity index (χ0) is 18.7. The van der Waals surface area contributed by atoms with Gasteiger partial charge in [-0.25, -0.2) is 9.59 Å². The van der Waals surface area contributed by atoms with Crippen molar-refractivity contribution in [2.75, 3.05) is 27.4 Å². The molecule has 0 bridgehead atoms. The van der Waals surface area contributed by atoms with Gasteiger partial charge in [-0.15, -0.1) is 0 Å². The Labute approximate surface area is 148 Å². The first-order valence-corrected chi connectivity index (χ1v) is 7.87. The van der Waals surface area contributed by atoms with Gasteiger partial charge in [-0.05, 0) is 43.5 Å². The van der Waals surface area contributed by atoms with Crippen molar-refractivity contribution >= 4 is 18.0 Å². The number of unbranched alkanes of at least 4 members (excludes halogenated alkanes) is 1. The normalized spacial score (nSPS) is 10.4. The van der Waals surface area contributed by atoms with Crippen molar-refractivity contribution < 1.29 is 28.5 Å². The van der Waals surface area contributed by atoms with E-state index in [1.807, 2.05) is 6.07 Å². The summed E-state index contributed by atoms with van der Waals surface area (Å²) in [6.45, 7) is 5.94. The van der Waals surface area contributed by atoms with Gasteiger partial charge in [0.2, 0.25) is 0 Å². The van der Waals surface area contributed by atoms with E-state index in [2.05, 4.69) is 11.3 Å². The van der Waals surface area contributed by atoms with E-state index in [-0.39, 0.29) is 5.97 Å². The van der Waals surface area contributed by atoms with E-state index in [9.17, 15) is 9.59 Å². The molecule has 0 spiro atoms. The highest BCUT2D eigenvalue weighted by atomic mass is 16.5. The number of carbonyl (C=O) groups excluding carboxylic acids is 2. The van der Waals surface area contributed by atoms with Crippen molar-refractivity contribution in [2.45, 2.75) is 19.8 Å². The van der Waals surface area contributed by atoms with E-state index in [0.29, 0.717) is 36.7 Å². The number of benzene rings is 1. The van der Waals surface area contributed by atoms with Crippen LogP contribution in [-0.2, 0) is 19.1 Å². The number of methoxy groups -OCH3 is 2. The molecule has 0 fully saturated rings. The predicted molar refractivity (Wildman–Crippen MR) is 94.5 cm³/mol. The van der Waals surface area contributed by atoms with Crippen LogP contribution in [0.5, 0.6) is 11.5 Å². The van der Waals surface area contributed by atoms with Crippen LogP contribution in [0.3, 0.4) is 0 Å². The van der Waals surface area contributed by atoms with Crippen LogP contribution < -0.4 is 9.47 Å². The average molecular weight is 348 g/mol.